The Morgan fingerprint density at radius 3 is 2.52 bits per heavy atom. The number of rotatable bonds is 5. The molecule has 0 bridgehead atoms. The lowest BCUT2D eigenvalue weighted by Gasteiger charge is -2.27. The van der Waals surface area contributed by atoms with Gasteiger partial charge in [0.15, 0.2) is 5.65 Å². The summed E-state index contributed by atoms with van der Waals surface area (Å²) in [6.45, 7) is 5.54. The van der Waals surface area contributed by atoms with E-state index in [4.69, 9.17) is 4.74 Å². The Morgan fingerprint density at radius 2 is 1.81 bits per heavy atom. The average Bonchev–Trinajstić information content (AvgIpc) is 2.80. The average molecular weight is 418 g/mol. The van der Waals surface area contributed by atoms with E-state index in [1.54, 1.807) is 37.4 Å². The summed E-state index contributed by atoms with van der Waals surface area (Å²) in [7, 11) is 0. The van der Waals surface area contributed by atoms with Crippen molar-refractivity contribution in [2.24, 2.45) is 0 Å². The number of hydrogen-bond acceptors (Lipinski definition) is 6. The predicted molar refractivity (Wildman–Crippen MR) is 120 cm³/mol. The Hall–Kier alpha value is -3.48. The molecule has 3 heterocycles. The number of carbonyl (C=O) groups is 2. The lowest BCUT2D eigenvalue weighted by Crippen LogP contribution is -2.36. The molecule has 7 nitrogen and oxygen atoms in total. The summed E-state index contributed by atoms with van der Waals surface area (Å²) in [6, 6.07) is 10.9. The molecule has 1 N–H and O–H groups in total. The molecule has 0 saturated carbocycles. The van der Waals surface area contributed by atoms with Crippen LogP contribution in [0.2, 0.25) is 0 Å². The van der Waals surface area contributed by atoms with Gasteiger partial charge in [-0.1, -0.05) is 0 Å². The Labute approximate surface area is 181 Å². The Balaban J connectivity index is 1.71. The number of hydrogen-bond donors (Lipinski definition) is 1. The molecule has 0 atom stereocenters. The Kier molecular flexibility index (Phi) is 6.11. The largest absolute Gasteiger partial charge is 0.462 e. The molecule has 1 aromatic carbocycles. The molecule has 1 aliphatic heterocycles. The summed E-state index contributed by atoms with van der Waals surface area (Å²) in [5.74, 6) is -0.385. The van der Waals surface area contributed by atoms with E-state index in [2.05, 4.69) is 15.3 Å². The molecule has 1 saturated heterocycles. The first-order valence-electron chi connectivity index (χ1n) is 10.7. The lowest BCUT2D eigenvalue weighted by atomic mass is 10.1. The molecule has 3 aromatic rings. The van der Waals surface area contributed by atoms with Gasteiger partial charge >= 0.3 is 5.97 Å². The van der Waals surface area contributed by atoms with Gasteiger partial charge in [-0.3, -0.25) is 4.79 Å². The van der Waals surface area contributed by atoms with E-state index < -0.39 is 0 Å². The van der Waals surface area contributed by atoms with Crippen molar-refractivity contribution in [3.63, 3.8) is 0 Å². The first kappa shape index (κ1) is 20.8. The number of esters is 1. The highest BCUT2D eigenvalue weighted by Gasteiger charge is 2.23. The van der Waals surface area contributed by atoms with Crippen LogP contribution in [0.15, 0.2) is 42.6 Å². The fourth-order valence-electron chi connectivity index (χ4n) is 3.78. The van der Waals surface area contributed by atoms with Crippen LogP contribution in [-0.4, -0.2) is 46.4 Å². The predicted octanol–water partition coefficient (Wildman–Crippen LogP) is 4.48. The minimum absolute atomic E-state index is 0.0275. The molecule has 1 fully saturated rings. The maximum atomic E-state index is 13.3. The Morgan fingerprint density at radius 1 is 1.06 bits per heavy atom. The molecule has 160 valence electrons. The topological polar surface area (TPSA) is 84.4 Å². The maximum Gasteiger partial charge on any atom is 0.338 e. The van der Waals surface area contributed by atoms with Crippen LogP contribution in [0, 0.1) is 6.92 Å². The highest BCUT2D eigenvalue weighted by atomic mass is 16.5. The zero-order chi connectivity index (χ0) is 21.8. The van der Waals surface area contributed by atoms with Crippen molar-refractivity contribution in [1.29, 1.82) is 0 Å². The number of pyridine rings is 2. The van der Waals surface area contributed by atoms with Gasteiger partial charge in [0.2, 0.25) is 0 Å². The number of likely N-dealkylation sites (tertiary alicyclic amines) is 1. The van der Waals surface area contributed by atoms with Crippen LogP contribution in [0.25, 0.3) is 11.0 Å². The number of carbonyl (C=O) groups excluding carboxylic acids is 2. The van der Waals surface area contributed by atoms with Gasteiger partial charge in [-0.15, -0.1) is 0 Å². The number of piperidine rings is 1. The molecular weight excluding hydrogens is 392 g/mol. The molecule has 0 spiro atoms. The molecule has 0 radical (unpaired) electrons. The smallest absolute Gasteiger partial charge is 0.338 e. The van der Waals surface area contributed by atoms with Crippen LogP contribution < -0.4 is 5.32 Å². The van der Waals surface area contributed by atoms with Crippen molar-refractivity contribution < 1.29 is 14.3 Å². The first-order chi connectivity index (χ1) is 15.1. The van der Waals surface area contributed by atoms with Gasteiger partial charge in [0.05, 0.1) is 23.4 Å². The number of nitrogens with one attached hydrogen (secondary N) is 1. The van der Waals surface area contributed by atoms with E-state index in [0.29, 0.717) is 29.1 Å². The van der Waals surface area contributed by atoms with Crippen molar-refractivity contribution in [3.05, 3.63) is 59.4 Å². The zero-order valence-corrected chi connectivity index (χ0v) is 17.9. The minimum atomic E-state index is -0.357. The molecule has 2 aromatic heterocycles. The van der Waals surface area contributed by atoms with Gasteiger partial charge in [-0.05, 0) is 69.5 Å². The number of amides is 1. The third kappa shape index (κ3) is 4.50. The van der Waals surface area contributed by atoms with E-state index in [9.17, 15) is 9.59 Å². The summed E-state index contributed by atoms with van der Waals surface area (Å²) in [5, 5.41) is 4.15. The van der Waals surface area contributed by atoms with Crippen LogP contribution in [-0.2, 0) is 4.74 Å². The quantitative estimate of drug-likeness (QED) is 0.615. The second-order valence-corrected chi connectivity index (χ2v) is 7.65. The highest BCUT2D eigenvalue weighted by Crippen LogP contribution is 2.30. The van der Waals surface area contributed by atoms with Crippen LogP contribution in [0.4, 0.5) is 11.4 Å². The fourth-order valence-corrected chi connectivity index (χ4v) is 3.78. The molecule has 1 amide bonds. The summed E-state index contributed by atoms with van der Waals surface area (Å²) in [4.78, 5) is 36.1. The van der Waals surface area contributed by atoms with Gasteiger partial charge in [-0.2, -0.15) is 0 Å². The molecule has 0 aliphatic carbocycles. The molecular formula is C24H26N4O3. The summed E-state index contributed by atoms with van der Waals surface area (Å²) in [6.07, 6.45) is 4.80. The third-order valence-electron chi connectivity index (χ3n) is 5.41. The standard InChI is InChI=1S/C24H26N4O3/c1-3-31-24(30)17-8-10-18(11-9-17)27-21-19-12-7-16(2)26-22(19)25-15-20(21)23(29)28-13-5-4-6-14-28/h7-12,15H,3-6,13-14H2,1-2H3,(H,25,26,27). The number of ether oxygens (including phenoxy) is 1. The fraction of sp³-hybridized carbons (Fsp3) is 0.333. The summed E-state index contributed by atoms with van der Waals surface area (Å²) >= 11 is 0. The first-order valence-corrected chi connectivity index (χ1v) is 10.7. The van der Waals surface area contributed by atoms with Gasteiger partial charge < -0.3 is 15.0 Å². The number of nitrogens with zero attached hydrogens (tertiary/aromatic N) is 3. The second kappa shape index (κ2) is 9.12. The molecule has 1 aliphatic rings. The van der Waals surface area contributed by atoms with Crippen LogP contribution in [0.1, 0.15) is 52.6 Å². The van der Waals surface area contributed by atoms with Crippen LogP contribution in [0.5, 0.6) is 0 Å². The second-order valence-electron chi connectivity index (χ2n) is 7.65. The van der Waals surface area contributed by atoms with Gasteiger partial charge in [-0.25, -0.2) is 14.8 Å². The number of benzene rings is 1. The van der Waals surface area contributed by atoms with Crippen molar-refractivity contribution in [2.45, 2.75) is 33.1 Å². The number of aromatic nitrogens is 2. The monoisotopic (exact) mass is 418 g/mol. The lowest BCUT2D eigenvalue weighted by molar-refractivity contribution is 0.0526. The zero-order valence-electron chi connectivity index (χ0n) is 17.9. The van der Waals surface area contributed by atoms with Gasteiger partial charge in [0.1, 0.15) is 0 Å². The van der Waals surface area contributed by atoms with Crippen molar-refractivity contribution in [2.75, 3.05) is 25.0 Å². The van der Waals surface area contributed by atoms with Gasteiger partial charge in [0, 0.05) is 36.1 Å². The molecule has 7 heteroatoms. The van der Waals surface area contributed by atoms with Gasteiger partial charge in [0.25, 0.3) is 5.91 Å². The number of anilines is 2. The van der Waals surface area contributed by atoms with Crippen LogP contribution >= 0.6 is 0 Å². The van der Waals surface area contributed by atoms with E-state index in [0.717, 1.165) is 49.1 Å². The minimum Gasteiger partial charge on any atom is -0.462 e. The molecule has 4 rings (SSSR count). The normalized spacial score (nSPS) is 13.8. The number of fused-ring (bicyclic) bond motifs is 1. The molecule has 31 heavy (non-hydrogen) atoms. The van der Waals surface area contributed by atoms with E-state index in [1.807, 2.05) is 24.0 Å². The number of aryl methyl sites for hydroxylation is 1. The van der Waals surface area contributed by atoms with Crippen molar-refractivity contribution in [3.8, 4) is 0 Å². The maximum absolute atomic E-state index is 13.3. The van der Waals surface area contributed by atoms with Crippen molar-refractivity contribution in [1.82, 2.24) is 14.9 Å². The summed E-state index contributed by atoms with van der Waals surface area (Å²) in [5.41, 5.74) is 3.88. The van der Waals surface area contributed by atoms with Crippen molar-refractivity contribution >= 4 is 34.3 Å². The SMILES string of the molecule is CCOC(=O)c1ccc(Nc2c(C(=O)N3CCCCC3)cnc3nc(C)ccc23)cc1. The van der Waals surface area contributed by atoms with E-state index in [-0.39, 0.29) is 11.9 Å². The van der Waals surface area contributed by atoms with E-state index >= 15 is 0 Å². The summed E-state index contributed by atoms with van der Waals surface area (Å²) < 4.78 is 5.05. The van der Waals surface area contributed by atoms with Crippen LogP contribution in [0.3, 0.4) is 0 Å². The molecule has 0 unspecified atom stereocenters. The van der Waals surface area contributed by atoms with E-state index in [1.165, 1.54) is 0 Å². The highest BCUT2D eigenvalue weighted by molar-refractivity contribution is 6.07. The third-order valence-corrected chi connectivity index (χ3v) is 5.41. The Bertz CT molecular complexity index is 1110.